The lowest BCUT2D eigenvalue weighted by Gasteiger charge is -2.19. The van der Waals surface area contributed by atoms with Crippen LogP contribution in [-0.2, 0) is 0 Å². The minimum atomic E-state index is -0.288. The fraction of sp³-hybridized carbons (Fsp3) is 0.250. The highest BCUT2D eigenvalue weighted by Crippen LogP contribution is 2.33. The summed E-state index contributed by atoms with van der Waals surface area (Å²) in [6, 6.07) is 7.96. The number of hydrogen-bond donors (Lipinski definition) is 2. The Hall–Kier alpha value is -2.84. The molecule has 1 unspecified atom stereocenters. The first-order chi connectivity index (χ1) is 13.6. The highest BCUT2D eigenvalue weighted by molar-refractivity contribution is 7.15. The van der Waals surface area contributed by atoms with Crippen molar-refractivity contribution in [3.05, 3.63) is 53.9 Å². The lowest BCUT2D eigenvalue weighted by Crippen LogP contribution is -2.30. The Labute approximate surface area is 167 Å². The van der Waals surface area contributed by atoms with E-state index < -0.39 is 0 Å². The Kier molecular flexibility index (Phi) is 5.06. The number of hydrogen-bond acceptors (Lipinski definition) is 6. The van der Waals surface area contributed by atoms with Crippen LogP contribution >= 0.6 is 11.3 Å². The molecular weight excluding hydrogens is 377 g/mol. The minimum absolute atomic E-state index is 0. The Morgan fingerprint density at radius 2 is 2.00 bits per heavy atom. The number of thiazole rings is 1. The fourth-order valence-corrected chi connectivity index (χ4v) is 3.70. The third-order valence-electron chi connectivity index (χ3n) is 4.59. The summed E-state index contributed by atoms with van der Waals surface area (Å²) in [5, 5.41) is 14.7. The van der Waals surface area contributed by atoms with Gasteiger partial charge >= 0.3 is 0 Å². The van der Waals surface area contributed by atoms with Gasteiger partial charge in [0.1, 0.15) is 11.5 Å². The van der Waals surface area contributed by atoms with Crippen LogP contribution in [0.25, 0.3) is 27.6 Å². The molecule has 3 aromatic heterocycles. The van der Waals surface area contributed by atoms with E-state index in [0.29, 0.717) is 11.6 Å². The maximum absolute atomic E-state index is 13.4. The SMILES string of the molecule is CC(C)C(CO)Nc1nccc(-c2c(-c3ccc(F)cc3)nc3sccn23)n1.[HH]. The number of aliphatic hydroxyl groups excluding tert-OH is 1. The van der Waals surface area contributed by atoms with Crippen LogP contribution in [0.1, 0.15) is 15.3 Å². The Morgan fingerprint density at radius 3 is 2.71 bits per heavy atom. The van der Waals surface area contributed by atoms with Gasteiger partial charge in [0.15, 0.2) is 4.96 Å². The maximum atomic E-state index is 13.4. The quantitative estimate of drug-likeness (QED) is 0.505. The molecule has 0 saturated carbocycles. The van der Waals surface area contributed by atoms with Crippen LogP contribution in [0.5, 0.6) is 0 Å². The van der Waals surface area contributed by atoms with E-state index in [9.17, 15) is 9.50 Å². The molecule has 0 aliphatic heterocycles. The molecule has 4 aromatic rings. The zero-order chi connectivity index (χ0) is 19.7. The van der Waals surface area contributed by atoms with Crippen LogP contribution in [0.3, 0.4) is 0 Å². The predicted octanol–water partition coefficient (Wildman–Crippen LogP) is 4.33. The molecule has 0 fully saturated rings. The van der Waals surface area contributed by atoms with Gasteiger partial charge in [0, 0.05) is 24.8 Å². The van der Waals surface area contributed by atoms with Gasteiger partial charge < -0.3 is 10.4 Å². The van der Waals surface area contributed by atoms with E-state index in [1.807, 2.05) is 35.9 Å². The van der Waals surface area contributed by atoms with Crippen LogP contribution < -0.4 is 5.32 Å². The molecule has 28 heavy (non-hydrogen) atoms. The van der Waals surface area contributed by atoms with Crippen LogP contribution in [0.4, 0.5) is 10.3 Å². The smallest absolute Gasteiger partial charge is 0.223 e. The van der Waals surface area contributed by atoms with Gasteiger partial charge in [-0.2, -0.15) is 0 Å². The van der Waals surface area contributed by atoms with Crippen molar-refractivity contribution in [3.63, 3.8) is 0 Å². The summed E-state index contributed by atoms with van der Waals surface area (Å²) >= 11 is 1.52. The van der Waals surface area contributed by atoms with Gasteiger partial charge in [-0.1, -0.05) is 13.8 Å². The number of rotatable bonds is 6. The molecule has 4 rings (SSSR count). The number of aromatic nitrogens is 4. The van der Waals surface area contributed by atoms with Crippen molar-refractivity contribution in [3.8, 4) is 22.6 Å². The molecule has 0 bridgehead atoms. The summed E-state index contributed by atoms with van der Waals surface area (Å²) < 4.78 is 15.3. The normalized spacial score (nSPS) is 12.6. The van der Waals surface area contributed by atoms with Crippen LogP contribution in [0.15, 0.2) is 48.1 Å². The van der Waals surface area contributed by atoms with E-state index in [0.717, 1.165) is 21.9 Å². The number of nitrogens with zero attached hydrogens (tertiary/aromatic N) is 4. The average molecular weight is 399 g/mol. The molecular formula is C20H22FN5OS. The summed E-state index contributed by atoms with van der Waals surface area (Å²) in [4.78, 5) is 14.5. The van der Waals surface area contributed by atoms with Crippen molar-refractivity contribution >= 4 is 22.2 Å². The molecule has 0 aliphatic rings. The average Bonchev–Trinajstić information content (AvgIpc) is 3.27. The van der Waals surface area contributed by atoms with Crippen molar-refractivity contribution in [1.29, 1.82) is 0 Å². The highest BCUT2D eigenvalue weighted by atomic mass is 32.1. The second kappa shape index (κ2) is 7.65. The molecule has 0 saturated heterocycles. The third-order valence-corrected chi connectivity index (χ3v) is 5.35. The van der Waals surface area contributed by atoms with Gasteiger partial charge in [0.25, 0.3) is 0 Å². The molecule has 2 N–H and O–H groups in total. The molecule has 146 valence electrons. The molecule has 8 heteroatoms. The van der Waals surface area contributed by atoms with E-state index in [4.69, 9.17) is 4.98 Å². The van der Waals surface area contributed by atoms with Crippen molar-refractivity contribution in [2.75, 3.05) is 11.9 Å². The molecule has 6 nitrogen and oxygen atoms in total. The standard InChI is InChI=1S/C20H20FN5OS.H2/c1-12(2)16(11-27)24-19-22-8-7-15(23-19)18-17(13-3-5-14(21)6-4-13)25-20-26(18)9-10-28-20;/h3-10,12,16,27H,11H2,1-2H3,(H,22,23,24);1H. The van der Waals surface area contributed by atoms with Crippen molar-refractivity contribution < 1.29 is 10.9 Å². The fourth-order valence-electron chi connectivity index (χ4n) is 2.99. The lowest BCUT2D eigenvalue weighted by molar-refractivity contribution is 0.248. The third kappa shape index (κ3) is 3.48. The minimum Gasteiger partial charge on any atom is -0.394 e. The number of fused-ring (bicyclic) bond motifs is 1. The summed E-state index contributed by atoms with van der Waals surface area (Å²) in [6.45, 7) is 4.04. The number of halogens is 1. The number of imidazole rings is 1. The predicted molar refractivity (Wildman–Crippen MR) is 111 cm³/mol. The van der Waals surface area contributed by atoms with Gasteiger partial charge in [-0.05, 0) is 36.2 Å². The zero-order valence-electron chi connectivity index (χ0n) is 15.5. The van der Waals surface area contributed by atoms with Crippen molar-refractivity contribution in [1.82, 2.24) is 19.4 Å². The maximum Gasteiger partial charge on any atom is 0.223 e. The van der Waals surface area contributed by atoms with E-state index in [-0.39, 0.29) is 25.8 Å². The summed E-state index contributed by atoms with van der Waals surface area (Å²) in [7, 11) is 0. The van der Waals surface area contributed by atoms with Crippen LogP contribution in [0.2, 0.25) is 0 Å². The van der Waals surface area contributed by atoms with E-state index in [2.05, 4.69) is 15.3 Å². The van der Waals surface area contributed by atoms with Gasteiger partial charge in [-0.3, -0.25) is 4.40 Å². The van der Waals surface area contributed by atoms with Gasteiger partial charge in [-0.25, -0.2) is 19.3 Å². The van der Waals surface area contributed by atoms with Crippen LogP contribution in [0, 0.1) is 11.7 Å². The Morgan fingerprint density at radius 1 is 1.21 bits per heavy atom. The number of anilines is 1. The molecule has 0 radical (unpaired) electrons. The van der Waals surface area contributed by atoms with Gasteiger partial charge in [0.2, 0.25) is 5.95 Å². The van der Waals surface area contributed by atoms with Gasteiger partial charge in [-0.15, -0.1) is 11.3 Å². The van der Waals surface area contributed by atoms with E-state index in [1.165, 1.54) is 23.5 Å². The largest absolute Gasteiger partial charge is 0.394 e. The monoisotopic (exact) mass is 399 g/mol. The van der Waals surface area contributed by atoms with E-state index >= 15 is 0 Å². The number of benzene rings is 1. The topological polar surface area (TPSA) is 75.3 Å². The summed E-state index contributed by atoms with van der Waals surface area (Å²) in [6.07, 6.45) is 3.62. The highest BCUT2D eigenvalue weighted by Gasteiger charge is 2.19. The second-order valence-corrected chi connectivity index (χ2v) is 7.69. The van der Waals surface area contributed by atoms with Crippen LogP contribution in [-0.4, -0.2) is 37.1 Å². The molecule has 0 amide bonds. The van der Waals surface area contributed by atoms with Crippen molar-refractivity contribution in [2.24, 2.45) is 5.92 Å². The second-order valence-electron chi connectivity index (χ2n) is 6.81. The Bertz CT molecular complexity index is 1100. The lowest BCUT2D eigenvalue weighted by atomic mass is 10.1. The van der Waals surface area contributed by atoms with Gasteiger partial charge in [0.05, 0.1) is 24.0 Å². The first-order valence-electron chi connectivity index (χ1n) is 8.99. The molecule has 1 atom stereocenters. The number of nitrogens with one attached hydrogen (secondary N) is 1. The molecule has 3 heterocycles. The summed E-state index contributed by atoms with van der Waals surface area (Å²) in [5.41, 5.74) is 3.07. The molecule has 0 spiro atoms. The Balaban J connectivity index is 0.00000240. The van der Waals surface area contributed by atoms with Crippen molar-refractivity contribution in [2.45, 2.75) is 19.9 Å². The molecule has 1 aromatic carbocycles. The first kappa shape index (κ1) is 18.5. The summed E-state index contributed by atoms with van der Waals surface area (Å²) in [5.74, 6) is 0.384. The first-order valence-corrected chi connectivity index (χ1v) is 9.87. The van der Waals surface area contributed by atoms with E-state index in [1.54, 1.807) is 18.3 Å². The molecule has 0 aliphatic carbocycles. The zero-order valence-corrected chi connectivity index (χ0v) is 16.3. The number of aliphatic hydroxyl groups is 1.